The van der Waals surface area contributed by atoms with E-state index >= 15 is 0 Å². The van der Waals surface area contributed by atoms with E-state index in [-0.39, 0.29) is 5.69 Å². The van der Waals surface area contributed by atoms with Gasteiger partial charge in [0.05, 0.1) is 5.39 Å². The van der Waals surface area contributed by atoms with Crippen LogP contribution < -0.4 is 15.7 Å². The van der Waals surface area contributed by atoms with Crippen molar-refractivity contribution in [2.75, 3.05) is 12.4 Å². The molecule has 1 amide bonds. The van der Waals surface area contributed by atoms with E-state index < -0.39 is 17.3 Å². The van der Waals surface area contributed by atoms with Crippen molar-refractivity contribution in [1.29, 1.82) is 0 Å². The lowest BCUT2D eigenvalue weighted by Gasteiger charge is -2.13. The van der Waals surface area contributed by atoms with Crippen molar-refractivity contribution in [2.45, 2.75) is 6.92 Å². The van der Waals surface area contributed by atoms with E-state index in [1.54, 1.807) is 18.2 Å². The molecule has 1 heterocycles. The van der Waals surface area contributed by atoms with Crippen molar-refractivity contribution >= 4 is 22.4 Å². The van der Waals surface area contributed by atoms with Gasteiger partial charge in [-0.3, -0.25) is 9.59 Å². The van der Waals surface area contributed by atoms with Crippen LogP contribution in [0.15, 0.2) is 53.3 Å². The highest BCUT2D eigenvalue weighted by Gasteiger charge is 2.16. The number of carbonyl (C=O) groups excluding carboxylic acids is 1. The van der Waals surface area contributed by atoms with Crippen molar-refractivity contribution in [3.63, 3.8) is 0 Å². The number of halogens is 1. The zero-order valence-corrected chi connectivity index (χ0v) is 13.2. The van der Waals surface area contributed by atoms with Gasteiger partial charge in [0.2, 0.25) is 0 Å². The number of aromatic nitrogens is 1. The monoisotopic (exact) mass is 326 g/mol. The van der Waals surface area contributed by atoms with Gasteiger partial charge in [0, 0.05) is 5.69 Å². The van der Waals surface area contributed by atoms with Crippen molar-refractivity contribution in [2.24, 2.45) is 0 Å². The summed E-state index contributed by atoms with van der Waals surface area (Å²) in [6, 6.07) is 12.3. The van der Waals surface area contributed by atoms with Crippen LogP contribution >= 0.6 is 0 Å². The number of hydrogen-bond acceptors (Lipinski definition) is 3. The molecule has 6 heteroatoms. The second-order valence-electron chi connectivity index (χ2n) is 5.36. The minimum Gasteiger partial charge on any atom is -0.413 e. The predicted octanol–water partition coefficient (Wildman–Crippen LogP) is 2.76. The molecule has 3 rings (SSSR count). The van der Waals surface area contributed by atoms with E-state index in [9.17, 15) is 14.0 Å². The Morgan fingerprint density at radius 3 is 2.50 bits per heavy atom. The Hall–Kier alpha value is -3.15. The first-order chi connectivity index (χ1) is 11.5. The van der Waals surface area contributed by atoms with Gasteiger partial charge in [-0.25, -0.2) is 4.39 Å². The van der Waals surface area contributed by atoms with Gasteiger partial charge in [-0.15, -0.1) is 4.73 Å². The zero-order chi connectivity index (χ0) is 17.3. The van der Waals surface area contributed by atoms with E-state index in [0.29, 0.717) is 16.5 Å². The van der Waals surface area contributed by atoms with Gasteiger partial charge in [-0.05, 0) is 48.7 Å². The Bertz CT molecular complexity index is 978. The largest absolute Gasteiger partial charge is 0.413 e. The number of benzene rings is 2. The van der Waals surface area contributed by atoms with E-state index in [0.717, 1.165) is 10.3 Å². The van der Waals surface area contributed by atoms with Gasteiger partial charge in [-0.1, -0.05) is 17.7 Å². The number of aryl methyl sites for hydroxylation is 1. The Morgan fingerprint density at radius 2 is 1.83 bits per heavy atom. The van der Waals surface area contributed by atoms with Gasteiger partial charge < -0.3 is 10.2 Å². The highest BCUT2D eigenvalue weighted by Crippen LogP contribution is 2.16. The summed E-state index contributed by atoms with van der Waals surface area (Å²) >= 11 is 0. The van der Waals surface area contributed by atoms with Gasteiger partial charge in [0.15, 0.2) is 0 Å². The van der Waals surface area contributed by atoms with Crippen LogP contribution in [0, 0.1) is 12.7 Å². The van der Waals surface area contributed by atoms with Crippen LogP contribution in [0.25, 0.3) is 10.8 Å². The third kappa shape index (κ3) is 2.86. The number of nitrogens with zero attached hydrogens (tertiary/aromatic N) is 1. The summed E-state index contributed by atoms with van der Waals surface area (Å²) in [5, 5.41) is 3.73. The molecule has 2 aromatic carbocycles. The predicted molar refractivity (Wildman–Crippen MR) is 89.8 cm³/mol. The van der Waals surface area contributed by atoms with E-state index in [1.807, 2.05) is 13.0 Å². The number of anilines is 1. The Kier molecular flexibility index (Phi) is 4.04. The van der Waals surface area contributed by atoms with E-state index in [1.165, 1.54) is 31.4 Å². The molecule has 0 saturated carbocycles. The SMILES string of the molecule is COn1c(C(=O)Nc2ccc(F)cc2)cc2ccc(C)cc2c1=O. The molecule has 0 spiro atoms. The summed E-state index contributed by atoms with van der Waals surface area (Å²) in [5.41, 5.74) is 0.998. The molecule has 0 atom stereocenters. The van der Waals surface area contributed by atoms with E-state index in [2.05, 4.69) is 5.32 Å². The lowest BCUT2D eigenvalue weighted by atomic mass is 10.1. The first kappa shape index (κ1) is 15.7. The molecule has 122 valence electrons. The first-order valence-corrected chi connectivity index (χ1v) is 7.27. The lowest BCUT2D eigenvalue weighted by molar-refractivity contribution is 0.0952. The second-order valence-corrected chi connectivity index (χ2v) is 5.36. The van der Waals surface area contributed by atoms with Gasteiger partial charge in [0.25, 0.3) is 11.5 Å². The third-order valence-corrected chi connectivity index (χ3v) is 3.65. The van der Waals surface area contributed by atoms with Crippen LogP contribution in [0.5, 0.6) is 0 Å². The molecule has 5 nitrogen and oxygen atoms in total. The Morgan fingerprint density at radius 1 is 1.12 bits per heavy atom. The van der Waals surface area contributed by atoms with Gasteiger partial charge in [-0.2, -0.15) is 0 Å². The highest BCUT2D eigenvalue weighted by atomic mass is 19.1. The molecule has 0 fully saturated rings. The normalized spacial score (nSPS) is 10.6. The molecule has 0 aliphatic carbocycles. The van der Waals surface area contributed by atoms with Crippen molar-refractivity contribution < 1.29 is 14.0 Å². The molecule has 1 aromatic heterocycles. The number of amides is 1. The van der Waals surface area contributed by atoms with Crippen LogP contribution in [0.3, 0.4) is 0 Å². The highest BCUT2D eigenvalue weighted by molar-refractivity contribution is 6.05. The molecule has 0 unspecified atom stereocenters. The fourth-order valence-corrected chi connectivity index (χ4v) is 2.47. The number of pyridine rings is 1. The quantitative estimate of drug-likeness (QED) is 0.805. The molecule has 1 N–H and O–H groups in total. The summed E-state index contributed by atoms with van der Waals surface area (Å²) in [6.45, 7) is 1.88. The van der Waals surface area contributed by atoms with Crippen LogP contribution in [0.4, 0.5) is 10.1 Å². The van der Waals surface area contributed by atoms with Crippen LogP contribution in [0.2, 0.25) is 0 Å². The smallest absolute Gasteiger partial charge is 0.291 e. The summed E-state index contributed by atoms with van der Waals surface area (Å²) in [5.74, 6) is -0.925. The first-order valence-electron chi connectivity index (χ1n) is 7.27. The molecule has 0 bridgehead atoms. The number of fused-ring (bicyclic) bond motifs is 1. The molecular weight excluding hydrogens is 311 g/mol. The van der Waals surface area contributed by atoms with Crippen molar-refractivity contribution in [3.05, 3.63) is 76.0 Å². The number of nitrogens with one attached hydrogen (secondary N) is 1. The minimum absolute atomic E-state index is 0.0585. The van der Waals surface area contributed by atoms with Gasteiger partial charge >= 0.3 is 0 Å². The average Bonchev–Trinajstić information content (AvgIpc) is 2.57. The molecule has 24 heavy (non-hydrogen) atoms. The maximum absolute atomic E-state index is 12.9. The van der Waals surface area contributed by atoms with Crippen LogP contribution in [0.1, 0.15) is 16.1 Å². The van der Waals surface area contributed by atoms with E-state index in [4.69, 9.17) is 4.84 Å². The van der Waals surface area contributed by atoms with Crippen LogP contribution in [-0.4, -0.2) is 17.7 Å². The van der Waals surface area contributed by atoms with Crippen LogP contribution in [-0.2, 0) is 0 Å². The molecule has 3 aromatic rings. The molecule has 0 radical (unpaired) electrons. The fourth-order valence-electron chi connectivity index (χ4n) is 2.47. The third-order valence-electron chi connectivity index (χ3n) is 3.65. The summed E-state index contributed by atoms with van der Waals surface area (Å²) in [4.78, 5) is 30.1. The summed E-state index contributed by atoms with van der Waals surface area (Å²) in [6.07, 6.45) is 0. The summed E-state index contributed by atoms with van der Waals surface area (Å²) in [7, 11) is 1.32. The van der Waals surface area contributed by atoms with Crippen molar-refractivity contribution in [3.8, 4) is 0 Å². The lowest BCUT2D eigenvalue weighted by Crippen LogP contribution is -2.32. The minimum atomic E-state index is -0.525. The summed E-state index contributed by atoms with van der Waals surface area (Å²) < 4.78 is 13.9. The van der Waals surface area contributed by atoms with Gasteiger partial charge in [0.1, 0.15) is 18.6 Å². The van der Waals surface area contributed by atoms with Crippen molar-refractivity contribution in [1.82, 2.24) is 4.73 Å². The standard InChI is InChI=1S/C18H15FN2O3/c1-11-3-4-12-10-16(21(24-2)18(23)15(12)9-11)17(22)20-14-7-5-13(19)6-8-14/h3-10H,1-2H3,(H,20,22). The maximum atomic E-state index is 12.9. The Balaban J connectivity index is 2.07. The number of rotatable bonds is 3. The zero-order valence-electron chi connectivity index (χ0n) is 13.2. The molecule has 0 aliphatic heterocycles. The maximum Gasteiger partial charge on any atom is 0.291 e. The fraction of sp³-hybridized carbons (Fsp3) is 0.111. The number of carbonyl (C=O) groups is 1. The molecule has 0 saturated heterocycles. The Labute approximate surface area is 137 Å². The number of hydrogen-bond donors (Lipinski definition) is 1. The molecule has 0 aliphatic rings. The molecular formula is C18H15FN2O3. The topological polar surface area (TPSA) is 60.3 Å². The average molecular weight is 326 g/mol. The second kappa shape index (κ2) is 6.16.